The second-order valence-electron chi connectivity index (χ2n) is 6.78. The van der Waals surface area contributed by atoms with Crippen LogP contribution in [0.2, 0.25) is 0 Å². The van der Waals surface area contributed by atoms with Crippen LogP contribution in [-0.4, -0.2) is 20.9 Å². The van der Waals surface area contributed by atoms with Crippen molar-refractivity contribution in [3.05, 3.63) is 77.4 Å². The number of hydrogen-bond donors (Lipinski definition) is 2. The van der Waals surface area contributed by atoms with Crippen LogP contribution in [0.1, 0.15) is 41.4 Å². The smallest absolute Gasteiger partial charge is 0.252 e. The molecule has 3 aromatic carbocycles. The lowest BCUT2D eigenvalue weighted by molar-refractivity contribution is 0.0939. The molecule has 0 aliphatic rings. The van der Waals surface area contributed by atoms with Crippen LogP contribution in [0.4, 0.5) is 0 Å². The average Bonchev–Trinajstić information content (AvgIpc) is 2.67. The SMILES string of the molecule is CCNS(=O)(=O)c1ccc(C)c(C(=O)NC(C)c2ccc3ccccc3c2)c1. The summed E-state index contributed by atoms with van der Waals surface area (Å²) in [7, 11) is -3.62. The number of rotatable bonds is 6. The summed E-state index contributed by atoms with van der Waals surface area (Å²) in [4.78, 5) is 12.9. The molecule has 28 heavy (non-hydrogen) atoms. The van der Waals surface area contributed by atoms with E-state index in [1.807, 2.05) is 43.3 Å². The van der Waals surface area contributed by atoms with Gasteiger partial charge in [-0.3, -0.25) is 4.79 Å². The first-order valence-electron chi connectivity index (χ1n) is 9.21. The summed E-state index contributed by atoms with van der Waals surface area (Å²) in [5.41, 5.74) is 2.06. The molecule has 0 saturated carbocycles. The predicted octanol–water partition coefficient (Wildman–Crippen LogP) is 3.94. The van der Waals surface area contributed by atoms with Crippen LogP contribution in [0, 0.1) is 6.92 Å². The Morgan fingerprint density at radius 3 is 2.43 bits per heavy atom. The number of sulfonamides is 1. The molecule has 0 fully saturated rings. The number of hydrogen-bond acceptors (Lipinski definition) is 3. The molecule has 0 aliphatic carbocycles. The second-order valence-corrected chi connectivity index (χ2v) is 8.55. The van der Waals surface area contributed by atoms with Crippen LogP contribution >= 0.6 is 0 Å². The number of benzene rings is 3. The molecule has 1 unspecified atom stereocenters. The molecular weight excluding hydrogens is 372 g/mol. The van der Waals surface area contributed by atoms with Crippen molar-refractivity contribution in [3.8, 4) is 0 Å². The monoisotopic (exact) mass is 396 g/mol. The second kappa shape index (κ2) is 8.12. The summed E-state index contributed by atoms with van der Waals surface area (Å²) in [5, 5.41) is 5.22. The molecule has 0 heterocycles. The third-order valence-electron chi connectivity index (χ3n) is 4.72. The van der Waals surface area contributed by atoms with Gasteiger partial charge in [0, 0.05) is 12.1 Å². The van der Waals surface area contributed by atoms with E-state index in [0.29, 0.717) is 5.56 Å². The van der Waals surface area contributed by atoms with Gasteiger partial charge in [-0.1, -0.05) is 49.4 Å². The van der Waals surface area contributed by atoms with Gasteiger partial charge in [-0.2, -0.15) is 0 Å². The van der Waals surface area contributed by atoms with E-state index in [0.717, 1.165) is 21.9 Å². The molecule has 3 rings (SSSR count). The highest BCUT2D eigenvalue weighted by atomic mass is 32.2. The van der Waals surface area contributed by atoms with Crippen LogP contribution in [0.25, 0.3) is 10.8 Å². The van der Waals surface area contributed by atoms with Gasteiger partial charge in [-0.15, -0.1) is 0 Å². The lowest BCUT2D eigenvalue weighted by Crippen LogP contribution is -2.28. The van der Waals surface area contributed by atoms with E-state index in [1.165, 1.54) is 12.1 Å². The Labute approximate surface area is 165 Å². The Morgan fingerprint density at radius 1 is 1.00 bits per heavy atom. The van der Waals surface area contributed by atoms with Gasteiger partial charge in [0.25, 0.3) is 5.91 Å². The van der Waals surface area contributed by atoms with Gasteiger partial charge in [0.2, 0.25) is 10.0 Å². The maximum absolute atomic E-state index is 12.8. The molecule has 146 valence electrons. The van der Waals surface area contributed by atoms with E-state index in [4.69, 9.17) is 0 Å². The highest BCUT2D eigenvalue weighted by Crippen LogP contribution is 2.22. The molecule has 0 bridgehead atoms. The van der Waals surface area contributed by atoms with E-state index in [-0.39, 0.29) is 23.4 Å². The molecule has 0 aromatic heterocycles. The Balaban J connectivity index is 1.85. The van der Waals surface area contributed by atoms with Crippen LogP contribution < -0.4 is 10.0 Å². The van der Waals surface area contributed by atoms with Crippen molar-refractivity contribution in [3.63, 3.8) is 0 Å². The van der Waals surface area contributed by atoms with Crippen LogP contribution in [0.5, 0.6) is 0 Å². The fourth-order valence-electron chi connectivity index (χ4n) is 3.12. The number of carbonyl (C=O) groups is 1. The molecule has 1 amide bonds. The summed E-state index contributed by atoms with van der Waals surface area (Å²) in [6, 6.07) is 18.5. The zero-order chi connectivity index (χ0) is 20.3. The zero-order valence-corrected chi connectivity index (χ0v) is 17.0. The van der Waals surface area contributed by atoms with Gasteiger partial charge in [-0.05, 0) is 53.9 Å². The molecule has 5 nitrogen and oxygen atoms in total. The quantitative estimate of drug-likeness (QED) is 0.663. The number of nitrogens with one attached hydrogen (secondary N) is 2. The maximum atomic E-state index is 12.8. The van der Waals surface area contributed by atoms with Gasteiger partial charge in [0.15, 0.2) is 0 Å². The maximum Gasteiger partial charge on any atom is 0.252 e. The minimum Gasteiger partial charge on any atom is -0.346 e. The minimum atomic E-state index is -3.62. The van der Waals surface area contributed by atoms with E-state index in [9.17, 15) is 13.2 Å². The summed E-state index contributed by atoms with van der Waals surface area (Å²) in [6.45, 7) is 5.71. The summed E-state index contributed by atoms with van der Waals surface area (Å²) in [6.07, 6.45) is 0. The van der Waals surface area contributed by atoms with Crippen molar-refractivity contribution in [2.75, 3.05) is 6.54 Å². The number of amides is 1. The minimum absolute atomic E-state index is 0.0865. The molecule has 0 aliphatic heterocycles. The number of fused-ring (bicyclic) bond motifs is 1. The van der Waals surface area contributed by atoms with Crippen molar-refractivity contribution in [2.45, 2.75) is 31.7 Å². The summed E-state index contributed by atoms with van der Waals surface area (Å²) < 4.78 is 26.9. The van der Waals surface area contributed by atoms with Gasteiger partial charge < -0.3 is 5.32 Å². The standard InChI is InChI=1S/C22H24N2O3S/c1-4-23-28(26,27)20-12-9-15(2)21(14-20)22(25)24-16(3)18-11-10-17-7-5-6-8-19(17)13-18/h5-14,16,23H,4H2,1-3H3,(H,24,25). The third-order valence-corrected chi connectivity index (χ3v) is 6.26. The van der Waals surface area contributed by atoms with Crippen molar-refractivity contribution in [2.24, 2.45) is 0 Å². The Bertz CT molecular complexity index is 1120. The lowest BCUT2D eigenvalue weighted by atomic mass is 10.0. The third kappa shape index (κ3) is 4.24. The predicted molar refractivity (Wildman–Crippen MR) is 112 cm³/mol. The molecule has 0 spiro atoms. The van der Waals surface area contributed by atoms with E-state index >= 15 is 0 Å². The zero-order valence-electron chi connectivity index (χ0n) is 16.2. The Morgan fingerprint density at radius 2 is 1.71 bits per heavy atom. The summed E-state index contributed by atoms with van der Waals surface area (Å²) in [5.74, 6) is -0.299. The normalized spacial score (nSPS) is 12.7. The van der Waals surface area contributed by atoms with E-state index in [1.54, 1.807) is 19.9 Å². The van der Waals surface area contributed by atoms with Gasteiger partial charge in [-0.25, -0.2) is 13.1 Å². The van der Waals surface area contributed by atoms with Gasteiger partial charge in [0.1, 0.15) is 0 Å². The fourth-order valence-corrected chi connectivity index (χ4v) is 4.19. The average molecular weight is 397 g/mol. The Hall–Kier alpha value is -2.70. The lowest BCUT2D eigenvalue weighted by Gasteiger charge is -2.17. The number of aryl methyl sites for hydroxylation is 1. The number of carbonyl (C=O) groups excluding carboxylic acids is 1. The topological polar surface area (TPSA) is 75.3 Å². The van der Waals surface area contributed by atoms with E-state index in [2.05, 4.69) is 16.1 Å². The molecule has 0 saturated heterocycles. The van der Waals surface area contributed by atoms with Gasteiger partial charge >= 0.3 is 0 Å². The van der Waals surface area contributed by atoms with E-state index < -0.39 is 10.0 Å². The largest absolute Gasteiger partial charge is 0.346 e. The van der Waals surface area contributed by atoms with Crippen LogP contribution in [-0.2, 0) is 10.0 Å². The molecule has 1 atom stereocenters. The fraction of sp³-hybridized carbons (Fsp3) is 0.227. The first-order valence-corrected chi connectivity index (χ1v) is 10.7. The van der Waals surface area contributed by atoms with Crippen LogP contribution in [0.3, 0.4) is 0 Å². The first-order chi connectivity index (χ1) is 13.3. The highest BCUT2D eigenvalue weighted by Gasteiger charge is 2.19. The molecule has 6 heteroatoms. The van der Waals surface area contributed by atoms with Crippen LogP contribution in [0.15, 0.2) is 65.6 Å². The Kier molecular flexibility index (Phi) is 5.82. The van der Waals surface area contributed by atoms with Crippen molar-refractivity contribution < 1.29 is 13.2 Å². The highest BCUT2D eigenvalue weighted by molar-refractivity contribution is 7.89. The van der Waals surface area contributed by atoms with Crippen molar-refractivity contribution >= 4 is 26.7 Å². The van der Waals surface area contributed by atoms with Crippen molar-refractivity contribution in [1.29, 1.82) is 0 Å². The first kappa shape index (κ1) is 20.0. The molecule has 0 radical (unpaired) electrons. The van der Waals surface area contributed by atoms with Crippen molar-refractivity contribution in [1.82, 2.24) is 10.0 Å². The summed E-state index contributed by atoms with van der Waals surface area (Å²) >= 11 is 0. The molecular formula is C22H24N2O3S. The molecule has 3 aromatic rings. The van der Waals surface area contributed by atoms with Gasteiger partial charge in [0.05, 0.1) is 10.9 Å². The molecule has 2 N–H and O–H groups in total.